The van der Waals surface area contributed by atoms with Crippen molar-refractivity contribution in [2.45, 2.75) is 6.92 Å². The van der Waals surface area contributed by atoms with E-state index in [-0.39, 0.29) is 16.8 Å². The molecule has 0 fully saturated rings. The van der Waals surface area contributed by atoms with Crippen LogP contribution in [0.3, 0.4) is 0 Å². The normalized spacial score (nSPS) is 9.67. The molecule has 0 spiro atoms. The number of carboxylic acid groups (broad SMARTS) is 2. The van der Waals surface area contributed by atoms with Gasteiger partial charge in [0.25, 0.3) is 0 Å². The summed E-state index contributed by atoms with van der Waals surface area (Å²) in [5.74, 6) is -2.70. The van der Waals surface area contributed by atoms with Crippen molar-refractivity contribution in [3.63, 3.8) is 0 Å². The highest BCUT2D eigenvalue weighted by atomic mass is 16.4. The minimum atomic E-state index is -1.35. The third-order valence-electron chi connectivity index (χ3n) is 1.84. The van der Waals surface area contributed by atoms with E-state index >= 15 is 0 Å². The summed E-state index contributed by atoms with van der Waals surface area (Å²) >= 11 is 0. The molecule has 0 saturated carbocycles. The highest BCUT2D eigenvalue weighted by Crippen LogP contribution is 2.16. The SMILES string of the molecule is CCNc1cc(C(=O)[O-])ccc1C(=O)[O-]. The Morgan fingerprint density at radius 1 is 1.27 bits per heavy atom. The van der Waals surface area contributed by atoms with E-state index in [0.29, 0.717) is 6.54 Å². The molecule has 5 nitrogen and oxygen atoms in total. The number of rotatable bonds is 4. The van der Waals surface area contributed by atoms with Gasteiger partial charge in [-0.05, 0) is 18.6 Å². The van der Waals surface area contributed by atoms with Crippen LogP contribution in [0.1, 0.15) is 27.6 Å². The van der Waals surface area contributed by atoms with Crippen molar-refractivity contribution in [1.82, 2.24) is 0 Å². The van der Waals surface area contributed by atoms with Gasteiger partial charge in [0.2, 0.25) is 0 Å². The lowest BCUT2D eigenvalue weighted by atomic mass is 10.1. The molecular formula is C10H9NO4-2. The summed E-state index contributed by atoms with van der Waals surface area (Å²) in [6.45, 7) is 2.25. The minimum absolute atomic E-state index is 0.0677. The minimum Gasteiger partial charge on any atom is -0.545 e. The molecule has 0 bridgehead atoms. The molecule has 0 atom stereocenters. The number of benzene rings is 1. The molecule has 0 aliphatic heterocycles. The predicted molar refractivity (Wildman–Crippen MR) is 49.3 cm³/mol. The van der Waals surface area contributed by atoms with Crippen molar-refractivity contribution in [2.24, 2.45) is 0 Å². The third kappa shape index (κ3) is 2.46. The Morgan fingerprint density at radius 2 is 1.93 bits per heavy atom. The van der Waals surface area contributed by atoms with E-state index in [9.17, 15) is 19.8 Å². The number of hydrogen-bond donors (Lipinski definition) is 1. The van der Waals surface area contributed by atoms with Gasteiger partial charge in [0.1, 0.15) is 0 Å². The van der Waals surface area contributed by atoms with Gasteiger partial charge < -0.3 is 25.1 Å². The van der Waals surface area contributed by atoms with Crippen LogP contribution in [0.2, 0.25) is 0 Å². The van der Waals surface area contributed by atoms with Gasteiger partial charge in [0.05, 0.1) is 11.9 Å². The topological polar surface area (TPSA) is 92.3 Å². The number of carbonyl (C=O) groups is 2. The van der Waals surface area contributed by atoms with Gasteiger partial charge in [-0.2, -0.15) is 0 Å². The van der Waals surface area contributed by atoms with Crippen LogP contribution in [0, 0.1) is 0 Å². The fourth-order valence-electron chi connectivity index (χ4n) is 1.19. The number of anilines is 1. The van der Waals surface area contributed by atoms with Crippen molar-refractivity contribution in [1.29, 1.82) is 0 Å². The van der Waals surface area contributed by atoms with E-state index < -0.39 is 11.9 Å². The molecule has 5 heteroatoms. The maximum Gasteiger partial charge on any atom is 0.0736 e. The van der Waals surface area contributed by atoms with Crippen LogP contribution in [-0.4, -0.2) is 18.5 Å². The van der Waals surface area contributed by atoms with Crippen LogP contribution < -0.4 is 15.5 Å². The number of carboxylic acids is 2. The summed E-state index contributed by atoms with van der Waals surface area (Å²) in [5.41, 5.74) is 0.0806. The number of carbonyl (C=O) groups excluding carboxylic acids is 2. The fraction of sp³-hybridized carbons (Fsp3) is 0.200. The molecule has 1 aromatic rings. The molecule has 0 saturated heterocycles. The number of hydrogen-bond acceptors (Lipinski definition) is 5. The summed E-state index contributed by atoms with van der Waals surface area (Å²) < 4.78 is 0. The van der Waals surface area contributed by atoms with Crippen LogP contribution in [-0.2, 0) is 0 Å². The largest absolute Gasteiger partial charge is 0.545 e. The second-order valence-corrected chi connectivity index (χ2v) is 2.87. The molecule has 0 aliphatic carbocycles. The van der Waals surface area contributed by atoms with Crippen LogP contribution in [0.4, 0.5) is 5.69 Å². The summed E-state index contributed by atoms with van der Waals surface area (Å²) in [5, 5.41) is 23.9. The predicted octanol–water partition coefficient (Wildman–Crippen LogP) is -1.15. The second kappa shape index (κ2) is 4.45. The Kier molecular flexibility index (Phi) is 3.28. The molecule has 0 aliphatic rings. The monoisotopic (exact) mass is 207 g/mol. The molecule has 80 valence electrons. The number of aromatic carboxylic acids is 2. The van der Waals surface area contributed by atoms with E-state index in [0.717, 1.165) is 0 Å². The molecule has 1 rings (SSSR count). The zero-order valence-electron chi connectivity index (χ0n) is 8.07. The Morgan fingerprint density at radius 3 is 2.40 bits per heavy atom. The van der Waals surface area contributed by atoms with Gasteiger partial charge in [-0.25, -0.2) is 0 Å². The smallest absolute Gasteiger partial charge is 0.0736 e. The third-order valence-corrected chi connectivity index (χ3v) is 1.84. The van der Waals surface area contributed by atoms with Crippen LogP contribution >= 0.6 is 0 Å². The van der Waals surface area contributed by atoms with Gasteiger partial charge in [0.15, 0.2) is 0 Å². The molecule has 0 unspecified atom stereocenters. The molecule has 0 aromatic heterocycles. The first-order valence-electron chi connectivity index (χ1n) is 4.37. The summed E-state index contributed by atoms with van der Waals surface area (Å²) in [6.07, 6.45) is 0. The summed E-state index contributed by atoms with van der Waals surface area (Å²) in [4.78, 5) is 21.2. The molecule has 15 heavy (non-hydrogen) atoms. The highest BCUT2D eigenvalue weighted by Gasteiger charge is 2.04. The Hall–Kier alpha value is -2.04. The summed E-state index contributed by atoms with van der Waals surface area (Å²) in [7, 11) is 0. The Labute approximate surface area is 86.4 Å². The van der Waals surface area contributed by atoms with Crippen molar-refractivity contribution >= 4 is 17.6 Å². The Balaban J connectivity index is 3.20. The molecule has 1 N–H and O–H groups in total. The first-order valence-corrected chi connectivity index (χ1v) is 4.37. The lowest BCUT2D eigenvalue weighted by Crippen LogP contribution is -2.26. The first-order chi connectivity index (χ1) is 7.06. The van der Waals surface area contributed by atoms with Gasteiger partial charge >= 0.3 is 0 Å². The number of nitrogens with one attached hydrogen (secondary N) is 1. The molecule has 0 amide bonds. The van der Waals surface area contributed by atoms with Gasteiger partial charge in [-0.3, -0.25) is 0 Å². The maximum atomic E-state index is 10.7. The van der Waals surface area contributed by atoms with Gasteiger partial charge in [0, 0.05) is 17.8 Å². The lowest BCUT2D eigenvalue weighted by molar-refractivity contribution is -0.256. The average Bonchev–Trinajstić information content (AvgIpc) is 2.17. The quantitative estimate of drug-likeness (QED) is 0.672. The highest BCUT2D eigenvalue weighted by molar-refractivity contribution is 5.96. The van der Waals surface area contributed by atoms with E-state index in [4.69, 9.17) is 0 Å². The van der Waals surface area contributed by atoms with E-state index in [1.165, 1.54) is 18.2 Å². The molecule has 0 heterocycles. The van der Waals surface area contributed by atoms with Crippen molar-refractivity contribution in [3.05, 3.63) is 29.3 Å². The zero-order chi connectivity index (χ0) is 11.4. The van der Waals surface area contributed by atoms with Crippen molar-refractivity contribution in [3.8, 4) is 0 Å². The van der Waals surface area contributed by atoms with E-state index in [1.54, 1.807) is 6.92 Å². The lowest BCUT2D eigenvalue weighted by Gasteiger charge is -2.13. The van der Waals surface area contributed by atoms with Crippen molar-refractivity contribution < 1.29 is 19.8 Å². The standard InChI is InChI=1S/C10H11NO4/c1-2-11-8-5-6(9(12)13)3-4-7(8)10(14)15/h3-5,11H,2H2,1H3,(H,12,13)(H,14,15)/p-2. The molecular weight excluding hydrogens is 198 g/mol. The average molecular weight is 207 g/mol. The first kappa shape index (κ1) is 11.0. The van der Waals surface area contributed by atoms with Gasteiger partial charge in [-0.1, -0.05) is 12.1 Å². The van der Waals surface area contributed by atoms with Crippen LogP contribution in [0.15, 0.2) is 18.2 Å². The Bertz CT molecular complexity index is 400. The molecule has 0 radical (unpaired) electrons. The maximum absolute atomic E-state index is 10.7. The molecule has 1 aromatic carbocycles. The van der Waals surface area contributed by atoms with Crippen LogP contribution in [0.5, 0.6) is 0 Å². The van der Waals surface area contributed by atoms with E-state index in [2.05, 4.69) is 5.32 Å². The second-order valence-electron chi connectivity index (χ2n) is 2.87. The fourth-order valence-corrected chi connectivity index (χ4v) is 1.19. The summed E-state index contributed by atoms with van der Waals surface area (Å²) in [6, 6.07) is 3.56. The van der Waals surface area contributed by atoms with Crippen LogP contribution in [0.25, 0.3) is 0 Å². The zero-order valence-corrected chi connectivity index (χ0v) is 8.07. The van der Waals surface area contributed by atoms with Crippen molar-refractivity contribution in [2.75, 3.05) is 11.9 Å². The van der Waals surface area contributed by atoms with E-state index in [1.807, 2.05) is 0 Å². The van der Waals surface area contributed by atoms with Gasteiger partial charge in [-0.15, -0.1) is 0 Å².